The van der Waals surface area contributed by atoms with Crippen LogP contribution in [0.2, 0.25) is 5.02 Å². The van der Waals surface area contributed by atoms with E-state index in [4.69, 9.17) is 22.1 Å². The van der Waals surface area contributed by atoms with Crippen LogP contribution in [0.4, 0.5) is 5.82 Å². The standard InChI is InChI=1S/C14H16ClN3O/c15-11-4-10(13-7-14(16)18-17-13)5-12(6-11)19-8-9-2-1-3-9/h4-7,9H,1-3,8H2,(H3,16,17,18). The van der Waals surface area contributed by atoms with E-state index < -0.39 is 0 Å². The van der Waals surface area contributed by atoms with E-state index in [1.165, 1.54) is 19.3 Å². The molecule has 1 aromatic heterocycles. The number of aromatic amines is 1. The van der Waals surface area contributed by atoms with Crippen molar-refractivity contribution in [2.75, 3.05) is 12.3 Å². The maximum Gasteiger partial charge on any atom is 0.145 e. The molecule has 1 aliphatic rings. The van der Waals surface area contributed by atoms with Crippen molar-refractivity contribution in [3.63, 3.8) is 0 Å². The molecule has 0 atom stereocenters. The van der Waals surface area contributed by atoms with Gasteiger partial charge in [0, 0.05) is 16.7 Å². The number of nitrogens with one attached hydrogen (secondary N) is 1. The maximum absolute atomic E-state index is 6.12. The summed E-state index contributed by atoms with van der Waals surface area (Å²) in [4.78, 5) is 0. The summed E-state index contributed by atoms with van der Waals surface area (Å²) in [7, 11) is 0. The number of nitrogens with two attached hydrogens (primary N) is 1. The predicted octanol–water partition coefficient (Wildman–Crippen LogP) is 3.49. The molecule has 1 aliphatic carbocycles. The van der Waals surface area contributed by atoms with Crippen molar-refractivity contribution >= 4 is 17.4 Å². The first-order valence-corrected chi connectivity index (χ1v) is 6.83. The molecule has 5 heteroatoms. The lowest BCUT2D eigenvalue weighted by Gasteiger charge is -2.25. The van der Waals surface area contributed by atoms with Crippen molar-refractivity contribution < 1.29 is 4.74 Å². The van der Waals surface area contributed by atoms with Crippen molar-refractivity contribution in [2.24, 2.45) is 5.92 Å². The molecular weight excluding hydrogens is 262 g/mol. The summed E-state index contributed by atoms with van der Waals surface area (Å²) in [5, 5.41) is 7.44. The Morgan fingerprint density at radius 1 is 1.32 bits per heavy atom. The van der Waals surface area contributed by atoms with Gasteiger partial charge in [0.15, 0.2) is 0 Å². The number of nitrogens with zero attached hydrogens (tertiary/aromatic N) is 1. The average Bonchev–Trinajstić information content (AvgIpc) is 2.73. The van der Waals surface area contributed by atoms with E-state index >= 15 is 0 Å². The summed E-state index contributed by atoms with van der Waals surface area (Å²) in [6, 6.07) is 7.44. The molecule has 100 valence electrons. The second kappa shape index (κ2) is 5.13. The Morgan fingerprint density at radius 3 is 2.79 bits per heavy atom. The van der Waals surface area contributed by atoms with Crippen LogP contribution in [0.1, 0.15) is 19.3 Å². The van der Waals surface area contributed by atoms with Gasteiger partial charge in [0.25, 0.3) is 0 Å². The van der Waals surface area contributed by atoms with Gasteiger partial charge in [0.1, 0.15) is 11.6 Å². The van der Waals surface area contributed by atoms with Gasteiger partial charge in [-0.1, -0.05) is 18.0 Å². The fourth-order valence-electron chi connectivity index (χ4n) is 2.16. The minimum atomic E-state index is 0.465. The summed E-state index contributed by atoms with van der Waals surface area (Å²) >= 11 is 6.12. The van der Waals surface area contributed by atoms with Gasteiger partial charge in [-0.05, 0) is 37.0 Å². The SMILES string of the molecule is Nc1cc(-c2cc(Cl)cc(OCC3CCC3)c2)[nH]n1. The molecule has 1 heterocycles. The summed E-state index contributed by atoms with van der Waals surface area (Å²) in [6.45, 7) is 0.769. The zero-order chi connectivity index (χ0) is 13.2. The lowest BCUT2D eigenvalue weighted by atomic mass is 9.86. The third-order valence-electron chi connectivity index (χ3n) is 3.49. The lowest BCUT2D eigenvalue weighted by Crippen LogP contribution is -2.19. The van der Waals surface area contributed by atoms with E-state index in [9.17, 15) is 0 Å². The highest BCUT2D eigenvalue weighted by Crippen LogP contribution is 2.30. The van der Waals surface area contributed by atoms with Crippen molar-refractivity contribution in [2.45, 2.75) is 19.3 Å². The third-order valence-corrected chi connectivity index (χ3v) is 3.71. The molecule has 0 bridgehead atoms. The Morgan fingerprint density at radius 2 is 2.16 bits per heavy atom. The van der Waals surface area contributed by atoms with Crippen LogP contribution >= 0.6 is 11.6 Å². The fraction of sp³-hybridized carbons (Fsp3) is 0.357. The molecule has 0 spiro atoms. The first-order valence-electron chi connectivity index (χ1n) is 6.45. The smallest absolute Gasteiger partial charge is 0.145 e. The van der Waals surface area contributed by atoms with Crippen LogP contribution in [0.5, 0.6) is 5.75 Å². The van der Waals surface area contributed by atoms with E-state index in [2.05, 4.69) is 10.2 Å². The predicted molar refractivity (Wildman–Crippen MR) is 76.3 cm³/mol. The molecule has 0 unspecified atom stereocenters. The van der Waals surface area contributed by atoms with Crippen LogP contribution < -0.4 is 10.5 Å². The molecule has 3 rings (SSSR count). The zero-order valence-corrected chi connectivity index (χ0v) is 11.3. The van der Waals surface area contributed by atoms with Crippen LogP contribution in [-0.4, -0.2) is 16.8 Å². The first kappa shape index (κ1) is 12.4. The minimum Gasteiger partial charge on any atom is -0.493 e. The quantitative estimate of drug-likeness (QED) is 0.899. The Balaban J connectivity index is 1.78. The number of hydrogen-bond donors (Lipinski definition) is 2. The van der Waals surface area contributed by atoms with Crippen LogP contribution in [-0.2, 0) is 0 Å². The number of aromatic nitrogens is 2. The van der Waals surface area contributed by atoms with Crippen molar-refractivity contribution in [1.29, 1.82) is 0 Å². The van der Waals surface area contributed by atoms with Crippen LogP contribution in [0.3, 0.4) is 0 Å². The Kier molecular flexibility index (Phi) is 3.34. The second-order valence-electron chi connectivity index (χ2n) is 4.99. The largest absolute Gasteiger partial charge is 0.493 e. The normalized spacial score (nSPS) is 15.2. The zero-order valence-electron chi connectivity index (χ0n) is 10.5. The molecule has 0 aliphatic heterocycles. The van der Waals surface area contributed by atoms with Gasteiger partial charge in [0.2, 0.25) is 0 Å². The first-order chi connectivity index (χ1) is 9.20. The Hall–Kier alpha value is -1.68. The summed E-state index contributed by atoms with van der Waals surface area (Å²) in [6.07, 6.45) is 3.86. The van der Waals surface area contributed by atoms with E-state index in [0.29, 0.717) is 16.8 Å². The van der Waals surface area contributed by atoms with Crippen LogP contribution in [0.15, 0.2) is 24.3 Å². The van der Waals surface area contributed by atoms with Gasteiger partial charge in [-0.15, -0.1) is 0 Å². The number of anilines is 1. The highest BCUT2D eigenvalue weighted by atomic mass is 35.5. The van der Waals surface area contributed by atoms with Crippen LogP contribution in [0, 0.1) is 5.92 Å². The molecule has 1 aromatic carbocycles. The topological polar surface area (TPSA) is 63.9 Å². The number of rotatable bonds is 4. The van der Waals surface area contributed by atoms with Crippen molar-refractivity contribution in [1.82, 2.24) is 10.2 Å². The van der Waals surface area contributed by atoms with Gasteiger partial charge in [-0.3, -0.25) is 5.10 Å². The molecule has 0 radical (unpaired) electrons. The number of H-pyrrole nitrogens is 1. The molecular formula is C14H16ClN3O. The molecule has 0 saturated heterocycles. The second-order valence-corrected chi connectivity index (χ2v) is 5.43. The fourth-order valence-corrected chi connectivity index (χ4v) is 2.39. The molecule has 2 aromatic rings. The van der Waals surface area contributed by atoms with E-state index in [0.717, 1.165) is 23.6 Å². The van der Waals surface area contributed by atoms with Crippen molar-refractivity contribution in [3.05, 3.63) is 29.3 Å². The lowest BCUT2D eigenvalue weighted by molar-refractivity contribution is 0.180. The van der Waals surface area contributed by atoms with Gasteiger partial charge < -0.3 is 10.5 Å². The number of ether oxygens (including phenoxy) is 1. The Bertz CT molecular complexity index is 578. The van der Waals surface area contributed by atoms with E-state index in [1.807, 2.05) is 18.2 Å². The summed E-state index contributed by atoms with van der Waals surface area (Å²) in [5.74, 6) is 1.96. The monoisotopic (exact) mass is 277 g/mol. The van der Waals surface area contributed by atoms with Crippen LogP contribution in [0.25, 0.3) is 11.3 Å². The molecule has 19 heavy (non-hydrogen) atoms. The number of halogens is 1. The number of benzene rings is 1. The summed E-state index contributed by atoms with van der Waals surface area (Å²) in [5.41, 5.74) is 7.38. The summed E-state index contributed by atoms with van der Waals surface area (Å²) < 4.78 is 5.81. The van der Waals surface area contributed by atoms with Crippen molar-refractivity contribution in [3.8, 4) is 17.0 Å². The number of nitrogen functional groups attached to an aromatic ring is 1. The molecule has 0 amide bonds. The molecule has 1 fully saturated rings. The van der Waals surface area contributed by atoms with Gasteiger partial charge in [-0.25, -0.2) is 0 Å². The van der Waals surface area contributed by atoms with Gasteiger partial charge in [-0.2, -0.15) is 5.10 Å². The third kappa shape index (κ3) is 2.84. The van der Waals surface area contributed by atoms with Gasteiger partial charge >= 0.3 is 0 Å². The molecule has 1 saturated carbocycles. The van der Waals surface area contributed by atoms with E-state index in [1.54, 1.807) is 6.07 Å². The Labute approximate surface area is 116 Å². The molecule has 4 nitrogen and oxygen atoms in total. The van der Waals surface area contributed by atoms with Gasteiger partial charge in [0.05, 0.1) is 12.3 Å². The highest BCUT2D eigenvalue weighted by molar-refractivity contribution is 6.31. The van der Waals surface area contributed by atoms with E-state index in [-0.39, 0.29) is 0 Å². The maximum atomic E-state index is 6.12. The molecule has 3 N–H and O–H groups in total. The highest BCUT2D eigenvalue weighted by Gasteiger charge is 2.18. The minimum absolute atomic E-state index is 0.465. The number of hydrogen-bond acceptors (Lipinski definition) is 3. The average molecular weight is 278 g/mol.